The van der Waals surface area contributed by atoms with Crippen molar-refractivity contribution in [1.82, 2.24) is 10.1 Å². The predicted octanol–water partition coefficient (Wildman–Crippen LogP) is 3.42. The van der Waals surface area contributed by atoms with Crippen molar-refractivity contribution in [3.8, 4) is 17.1 Å². The monoisotopic (exact) mass is 308 g/mol. The Balaban J connectivity index is 1.91. The van der Waals surface area contributed by atoms with Crippen LogP contribution < -0.4 is 4.74 Å². The van der Waals surface area contributed by atoms with Crippen molar-refractivity contribution in [2.45, 2.75) is 37.7 Å². The van der Waals surface area contributed by atoms with Crippen LogP contribution in [0.15, 0.2) is 22.7 Å². The molecule has 0 radical (unpaired) electrons. The van der Waals surface area contributed by atoms with E-state index in [9.17, 15) is 5.11 Å². The quantitative estimate of drug-likeness (QED) is 0.941. The standard InChI is InChI=1S/C15H17ClN2O3/c1-20-13-8-9(16)6-7-11(13)14-17-15(21-18-14)10-4-2-3-5-12(10)19/h6-8,10,12,19H,2-5H2,1H3. The number of methoxy groups -OCH3 is 1. The molecule has 0 saturated heterocycles. The molecule has 1 fully saturated rings. The third-order valence-electron chi connectivity index (χ3n) is 3.89. The van der Waals surface area contributed by atoms with E-state index in [1.54, 1.807) is 25.3 Å². The number of benzene rings is 1. The van der Waals surface area contributed by atoms with E-state index in [1.807, 2.05) is 0 Å². The molecule has 21 heavy (non-hydrogen) atoms. The smallest absolute Gasteiger partial charge is 0.232 e. The van der Waals surface area contributed by atoms with Gasteiger partial charge in [-0.1, -0.05) is 29.6 Å². The lowest BCUT2D eigenvalue weighted by Crippen LogP contribution is -2.22. The number of aromatic nitrogens is 2. The van der Waals surface area contributed by atoms with E-state index >= 15 is 0 Å². The van der Waals surface area contributed by atoms with Crippen LogP contribution in [0.5, 0.6) is 5.75 Å². The molecule has 1 aromatic heterocycles. The highest BCUT2D eigenvalue weighted by molar-refractivity contribution is 6.30. The van der Waals surface area contributed by atoms with Gasteiger partial charge in [-0.3, -0.25) is 0 Å². The Morgan fingerprint density at radius 2 is 2.14 bits per heavy atom. The molecule has 0 spiro atoms. The molecular weight excluding hydrogens is 292 g/mol. The summed E-state index contributed by atoms with van der Waals surface area (Å²) in [5.41, 5.74) is 0.724. The second-order valence-electron chi connectivity index (χ2n) is 5.26. The van der Waals surface area contributed by atoms with Crippen LogP contribution in [0.25, 0.3) is 11.4 Å². The largest absolute Gasteiger partial charge is 0.496 e. The van der Waals surface area contributed by atoms with Crippen LogP contribution in [0.2, 0.25) is 5.02 Å². The Bertz CT molecular complexity index is 629. The van der Waals surface area contributed by atoms with Crippen LogP contribution in [0.1, 0.15) is 37.5 Å². The Morgan fingerprint density at radius 3 is 2.90 bits per heavy atom. The lowest BCUT2D eigenvalue weighted by Gasteiger charge is -2.24. The maximum atomic E-state index is 10.1. The maximum absolute atomic E-state index is 10.1. The summed E-state index contributed by atoms with van der Waals surface area (Å²) in [7, 11) is 1.57. The minimum absolute atomic E-state index is 0.0710. The molecule has 1 heterocycles. The van der Waals surface area contributed by atoms with Crippen molar-refractivity contribution in [2.24, 2.45) is 0 Å². The average Bonchev–Trinajstić information content (AvgIpc) is 2.97. The van der Waals surface area contributed by atoms with Gasteiger partial charge in [-0.15, -0.1) is 0 Å². The number of rotatable bonds is 3. The molecule has 1 aromatic carbocycles. The summed E-state index contributed by atoms with van der Waals surface area (Å²) >= 11 is 5.95. The number of aliphatic hydroxyl groups excluding tert-OH is 1. The zero-order chi connectivity index (χ0) is 14.8. The summed E-state index contributed by atoms with van der Waals surface area (Å²) in [5, 5.41) is 14.7. The Kier molecular flexibility index (Phi) is 4.12. The number of halogens is 1. The van der Waals surface area contributed by atoms with Gasteiger partial charge in [-0.25, -0.2) is 0 Å². The van der Waals surface area contributed by atoms with Crippen LogP contribution in [0.3, 0.4) is 0 Å². The summed E-state index contributed by atoms with van der Waals surface area (Å²) in [6.45, 7) is 0. The van der Waals surface area contributed by atoms with Gasteiger partial charge in [0.1, 0.15) is 5.75 Å². The fraction of sp³-hybridized carbons (Fsp3) is 0.467. The number of hydrogen-bond acceptors (Lipinski definition) is 5. The van der Waals surface area contributed by atoms with Gasteiger partial charge in [0.05, 0.1) is 24.7 Å². The highest BCUT2D eigenvalue weighted by Crippen LogP contribution is 2.35. The topological polar surface area (TPSA) is 68.4 Å². The molecule has 1 aliphatic rings. The first-order chi connectivity index (χ1) is 10.2. The lowest BCUT2D eigenvalue weighted by molar-refractivity contribution is 0.0908. The molecule has 5 nitrogen and oxygen atoms in total. The van der Waals surface area contributed by atoms with Crippen molar-refractivity contribution >= 4 is 11.6 Å². The molecule has 6 heteroatoms. The van der Waals surface area contributed by atoms with Gasteiger partial charge in [-0.2, -0.15) is 4.98 Å². The normalized spacial score (nSPS) is 22.2. The summed E-state index contributed by atoms with van der Waals surface area (Å²) in [6.07, 6.45) is 3.37. The van der Waals surface area contributed by atoms with Gasteiger partial charge in [-0.05, 0) is 31.0 Å². The fourth-order valence-corrected chi connectivity index (χ4v) is 2.91. The van der Waals surface area contributed by atoms with E-state index in [0.29, 0.717) is 22.5 Å². The first-order valence-corrected chi connectivity index (χ1v) is 7.42. The third kappa shape index (κ3) is 2.89. The molecule has 2 atom stereocenters. The molecule has 0 aliphatic heterocycles. The number of ether oxygens (including phenoxy) is 1. The molecule has 112 valence electrons. The summed E-state index contributed by atoms with van der Waals surface area (Å²) in [6, 6.07) is 5.26. The fourth-order valence-electron chi connectivity index (χ4n) is 2.74. The van der Waals surface area contributed by atoms with Crippen LogP contribution in [0, 0.1) is 0 Å². The average molecular weight is 309 g/mol. The Morgan fingerprint density at radius 1 is 1.33 bits per heavy atom. The first-order valence-electron chi connectivity index (χ1n) is 7.04. The minimum Gasteiger partial charge on any atom is -0.496 e. The highest BCUT2D eigenvalue weighted by Gasteiger charge is 2.29. The van der Waals surface area contributed by atoms with Gasteiger partial charge in [0, 0.05) is 5.02 Å². The van der Waals surface area contributed by atoms with Crippen molar-refractivity contribution < 1.29 is 14.4 Å². The van der Waals surface area contributed by atoms with Crippen LogP contribution in [-0.2, 0) is 0 Å². The van der Waals surface area contributed by atoms with E-state index in [0.717, 1.165) is 31.2 Å². The summed E-state index contributed by atoms with van der Waals surface area (Å²) < 4.78 is 10.6. The van der Waals surface area contributed by atoms with Gasteiger partial charge >= 0.3 is 0 Å². The first kappa shape index (κ1) is 14.4. The molecule has 0 amide bonds. The number of hydrogen-bond donors (Lipinski definition) is 1. The van der Waals surface area contributed by atoms with Gasteiger partial charge in [0.25, 0.3) is 0 Å². The second kappa shape index (κ2) is 6.03. The van der Waals surface area contributed by atoms with Crippen molar-refractivity contribution in [2.75, 3.05) is 7.11 Å². The van der Waals surface area contributed by atoms with E-state index in [-0.39, 0.29) is 5.92 Å². The molecule has 2 aromatic rings. The molecular formula is C15H17ClN2O3. The molecule has 0 bridgehead atoms. The van der Waals surface area contributed by atoms with Crippen LogP contribution >= 0.6 is 11.6 Å². The van der Waals surface area contributed by atoms with E-state index in [1.165, 1.54) is 0 Å². The predicted molar refractivity (Wildman–Crippen MR) is 78.5 cm³/mol. The minimum atomic E-state index is -0.404. The van der Waals surface area contributed by atoms with Crippen LogP contribution in [-0.4, -0.2) is 28.5 Å². The molecule has 1 saturated carbocycles. The highest BCUT2D eigenvalue weighted by atomic mass is 35.5. The van der Waals surface area contributed by atoms with E-state index in [2.05, 4.69) is 10.1 Å². The Labute approximate surface area is 127 Å². The zero-order valence-electron chi connectivity index (χ0n) is 11.8. The van der Waals surface area contributed by atoms with Gasteiger partial charge in [0.15, 0.2) is 0 Å². The van der Waals surface area contributed by atoms with E-state index < -0.39 is 6.10 Å². The van der Waals surface area contributed by atoms with Crippen molar-refractivity contribution in [3.05, 3.63) is 29.1 Å². The van der Waals surface area contributed by atoms with Gasteiger partial charge in [0.2, 0.25) is 11.7 Å². The molecule has 1 N–H and O–H groups in total. The second-order valence-corrected chi connectivity index (χ2v) is 5.70. The van der Waals surface area contributed by atoms with E-state index in [4.69, 9.17) is 20.9 Å². The SMILES string of the molecule is COc1cc(Cl)ccc1-c1noc(C2CCCCC2O)n1. The lowest BCUT2D eigenvalue weighted by atomic mass is 9.86. The van der Waals surface area contributed by atoms with Gasteiger partial charge < -0.3 is 14.4 Å². The van der Waals surface area contributed by atoms with Crippen molar-refractivity contribution in [1.29, 1.82) is 0 Å². The number of aliphatic hydroxyl groups is 1. The summed E-state index contributed by atoms with van der Waals surface area (Å²) in [4.78, 5) is 4.43. The third-order valence-corrected chi connectivity index (χ3v) is 4.13. The maximum Gasteiger partial charge on any atom is 0.232 e. The van der Waals surface area contributed by atoms with Crippen molar-refractivity contribution in [3.63, 3.8) is 0 Å². The Hall–Kier alpha value is -1.59. The summed E-state index contributed by atoms with van der Waals surface area (Å²) in [5.74, 6) is 1.47. The molecule has 3 rings (SSSR count). The van der Waals surface area contributed by atoms with Crippen LogP contribution in [0.4, 0.5) is 0 Å². The molecule has 2 unspecified atom stereocenters. The number of nitrogens with zero attached hydrogens (tertiary/aromatic N) is 2. The zero-order valence-corrected chi connectivity index (χ0v) is 12.5. The molecule has 1 aliphatic carbocycles.